The molecule has 0 bridgehead atoms. The van der Waals surface area contributed by atoms with E-state index in [9.17, 15) is 8.78 Å². The summed E-state index contributed by atoms with van der Waals surface area (Å²) in [6, 6.07) is 8.10. The summed E-state index contributed by atoms with van der Waals surface area (Å²) in [5.41, 5.74) is 0.887. The second-order valence-electron chi connectivity index (χ2n) is 4.61. The van der Waals surface area contributed by atoms with E-state index in [1.165, 1.54) is 6.07 Å². The van der Waals surface area contributed by atoms with E-state index >= 15 is 0 Å². The van der Waals surface area contributed by atoms with Gasteiger partial charge in [0.1, 0.15) is 17.4 Å². The molecule has 2 aromatic carbocycles. The Morgan fingerprint density at radius 1 is 1.19 bits per heavy atom. The van der Waals surface area contributed by atoms with Gasteiger partial charge in [0.2, 0.25) is 0 Å². The van der Waals surface area contributed by atoms with E-state index in [1.807, 2.05) is 6.92 Å². The van der Waals surface area contributed by atoms with Gasteiger partial charge in [0.15, 0.2) is 0 Å². The number of nitrogens with one attached hydrogen (secondary N) is 1. The van der Waals surface area contributed by atoms with Gasteiger partial charge in [0.05, 0.1) is 18.3 Å². The van der Waals surface area contributed by atoms with Gasteiger partial charge in [-0.15, -0.1) is 0 Å². The number of rotatable bonds is 5. The average molecular weight is 312 g/mol. The Hall–Kier alpha value is -1.81. The molecule has 0 fully saturated rings. The third-order valence-corrected chi connectivity index (χ3v) is 3.27. The minimum atomic E-state index is -0.476. The van der Waals surface area contributed by atoms with Crippen LogP contribution in [-0.4, -0.2) is 6.61 Å². The molecule has 1 atom stereocenters. The van der Waals surface area contributed by atoms with Gasteiger partial charge >= 0.3 is 0 Å². The number of benzene rings is 2. The minimum absolute atomic E-state index is 0.248. The van der Waals surface area contributed by atoms with E-state index in [4.69, 9.17) is 16.3 Å². The Morgan fingerprint density at radius 2 is 1.95 bits per heavy atom. The van der Waals surface area contributed by atoms with E-state index < -0.39 is 17.7 Å². The summed E-state index contributed by atoms with van der Waals surface area (Å²) in [6.45, 7) is 4.11. The highest BCUT2D eigenvalue weighted by atomic mass is 35.5. The van der Waals surface area contributed by atoms with Gasteiger partial charge < -0.3 is 10.1 Å². The molecule has 0 spiro atoms. The average Bonchev–Trinajstić information content (AvgIpc) is 2.44. The van der Waals surface area contributed by atoms with E-state index in [-0.39, 0.29) is 5.56 Å². The van der Waals surface area contributed by atoms with Crippen molar-refractivity contribution < 1.29 is 13.5 Å². The van der Waals surface area contributed by atoms with Crippen LogP contribution in [0.4, 0.5) is 14.5 Å². The van der Waals surface area contributed by atoms with E-state index in [1.54, 1.807) is 25.1 Å². The number of halogens is 3. The van der Waals surface area contributed by atoms with Crippen molar-refractivity contribution in [1.29, 1.82) is 0 Å². The monoisotopic (exact) mass is 311 g/mol. The van der Waals surface area contributed by atoms with Crippen LogP contribution in [0.25, 0.3) is 0 Å². The lowest BCUT2D eigenvalue weighted by Crippen LogP contribution is -2.10. The predicted octanol–water partition coefficient (Wildman–Crippen LogP) is 5.19. The molecular formula is C16H16ClF2NO. The largest absolute Gasteiger partial charge is 0.492 e. The Bertz CT molecular complexity index is 634. The first-order valence-electron chi connectivity index (χ1n) is 6.65. The lowest BCUT2D eigenvalue weighted by Gasteiger charge is -2.19. The van der Waals surface area contributed by atoms with Crippen molar-refractivity contribution in [3.05, 3.63) is 58.6 Å². The molecule has 2 nitrogen and oxygen atoms in total. The van der Waals surface area contributed by atoms with Crippen LogP contribution in [-0.2, 0) is 0 Å². The van der Waals surface area contributed by atoms with Gasteiger partial charge in [-0.05, 0) is 50.2 Å². The van der Waals surface area contributed by atoms with Crippen LogP contribution < -0.4 is 10.1 Å². The van der Waals surface area contributed by atoms with Crippen LogP contribution in [0.2, 0.25) is 5.02 Å². The van der Waals surface area contributed by atoms with Crippen molar-refractivity contribution in [3.63, 3.8) is 0 Å². The second kappa shape index (κ2) is 6.76. The van der Waals surface area contributed by atoms with Crippen LogP contribution in [0.1, 0.15) is 25.5 Å². The fourth-order valence-corrected chi connectivity index (χ4v) is 2.23. The zero-order valence-electron chi connectivity index (χ0n) is 11.8. The molecule has 112 valence electrons. The van der Waals surface area contributed by atoms with Crippen molar-refractivity contribution in [2.75, 3.05) is 11.9 Å². The molecule has 0 radical (unpaired) electrons. The van der Waals surface area contributed by atoms with E-state index in [0.29, 0.717) is 23.1 Å². The van der Waals surface area contributed by atoms with Crippen molar-refractivity contribution in [2.45, 2.75) is 19.9 Å². The zero-order chi connectivity index (χ0) is 15.4. The Labute approximate surface area is 127 Å². The van der Waals surface area contributed by atoms with Gasteiger partial charge in [0, 0.05) is 10.6 Å². The summed E-state index contributed by atoms with van der Waals surface area (Å²) in [7, 11) is 0. The molecule has 0 saturated carbocycles. The van der Waals surface area contributed by atoms with Crippen molar-refractivity contribution >= 4 is 17.3 Å². The first-order chi connectivity index (χ1) is 10.0. The summed E-state index contributed by atoms with van der Waals surface area (Å²) >= 11 is 5.97. The van der Waals surface area contributed by atoms with Gasteiger partial charge in [-0.25, -0.2) is 8.78 Å². The molecule has 5 heteroatoms. The molecule has 0 aliphatic rings. The third kappa shape index (κ3) is 3.85. The topological polar surface area (TPSA) is 21.3 Å². The maximum Gasteiger partial charge on any atom is 0.142 e. The lowest BCUT2D eigenvalue weighted by molar-refractivity contribution is 0.341. The molecule has 0 aliphatic heterocycles. The molecule has 1 unspecified atom stereocenters. The molecule has 0 heterocycles. The molecule has 2 rings (SSSR count). The predicted molar refractivity (Wildman–Crippen MR) is 81.0 cm³/mol. The summed E-state index contributed by atoms with van der Waals surface area (Å²) < 4.78 is 32.6. The standard InChI is InChI=1S/C16H16ClF2NO/c1-3-21-16-7-4-11(17)8-15(16)20-10(2)13-9-12(18)5-6-14(13)19/h4-10,20H,3H2,1-2H3. The minimum Gasteiger partial charge on any atom is -0.492 e. The van der Waals surface area contributed by atoms with Crippen LogP contribution in [0.3, 0.4) is 0 Å². The Balaban J connectivity index is 2.28. The Morgan fingerprint density at radius 3 is 2.67 bits per heavy atom. The molecule has 0 amide bonds. The maximum absolute atomic E-state index is 13.8. The number of anilines is 1. The summed E-state index contributed by atoms with van der Waals surface area (Å²) in [4.78, 5) is 0. The van der Waals surface area contributed by atoms with Gasteiger partial charge in [-0.1, -0.05) is 11.6 Å². The maximum atomic E-state index is 13.8. The second-order valence-corrected chi connectivity index (χ2v) is 5.04. The molecular weight excluding hydrogens is 296 g/mol. The lowest BCUT2D eigenvalue weighted by atomic mass is 10.1. The SMILES string of the molecule is CCOc1ccc(Cl)cc1NC(C)c1cc(F)ccc1F. The third-order valence-electron chi connectivity index (χ3n) is 3.04. The highest BCUT2D eigenvalue weighted by Gasteiger charge is 2.14. The fraction of sp³-hybridized carbons (Fsp3) is 0.250. The molecule has 0 aliphatic carbocycles. The van der Waals surface area contributed by atoms with Crippen molar-refractivity contribution in [2.24, 2.45) is 0 Å². The van der Waals surface area contributed by atoms with Gasteiger partial charge in [0.25, 0.3) is 0 Å². The first kappa shape index (κ1) is 15.6. The van der Waals surface area contributed by atoms with Crippen molar-refractivity contribution in [1.82, 2.24) is 0 Å². The highest BCUT2D eigenvalue weighted by Crippen LogP contribution is 2.31. The van der Waals surface area contributed by atoms with Crippen LogP contribution in [0.5, 0.6) is 5.75 Å². The number of hydrogen-bond donors (Lipinski definition) is 1. The summed E-state index contributed by atoms with van der Waals surface area (Å²) in [5.74, 6) is -0.321. The number of hydrogen-bond acceptors (Lipinski definition) is 2. The van der Waals surface area contributed by atoms with Crippen LogP contribution in [0.15, 0.2) is 36.4 Å². The van der Waals surface area contributed by atoms with Crippen LogP contribution >= 0.6 is 11.6 Å². The van der Waals surface area contributed by atoms with Gasteiger partial charge in [-0.3, -0.25) is 0 Å². The summed E-state index contributed by atoms with van der Waals surface area (Å²) in [5, 5.41) is 3.64. The highest BCUT2D eigenvalue weighted by molar-refractivity contribution is 6.30. The molecule has 0 saturated heterocycles. The smallest absolute Gasteiger partial charge is 0.142 e. The quantitative estimate of drug-likeness (QED) is 0.820. The van der Waals surface area contributed by atoms with E-state index in [0.717, 1.165) is 12.1 Å². The first-order valence-corrected chi connectivity index (χ1v) is 7.03. The summed E-state index contributed by atoms with van der Waals surface area (Å²) in [6.07, 6.45) is 0. The molecule has 1 N–H and O–H groups in total. The molecule has 21 heavy (non-hydrogen) atoms. The Kier molecular flexibility index (Phi) is 5.02. The normalized spacial score (nSPS) is 12.0. The molecule has 2 aromatic rings. The molecule has 0 aromatic heterocycles. The van der Waals surface area contributed by atoms with E-state index in [2.05, 4.69) is 5.32 Å². The van der Waals surface area contributed by atoms with Crippen molar-refractivity contribution in [3.8, 4) is 5.75 Å². The fourth-order valence-electron chi connectivity index (χ4n) is 2.05. The number of ether oxygens (including phenoxy) is 1. The zero-order valence-corrected chi connectivity index (χ0v) is 12.5. The van der Waals surface area contributed by atoms with Gasteiger partial charge in [-0.2, -0.15) is 0 Å². The van der Waals surface area contributed by atoms with Crippen LogP contribution in [0, 0.1) is 11.6 Å².